The van der Waals surface area contributed by atoms with E-state index < -0.39 is 23.6 Å². The Labute approximate surface area is 83.7 Å². The minimum atomic E-state index is -4.82. The van der Waals surface area contributed by atoms with Gasteiger partial charge in [-0.15, -0.1) is 0 Å². The van der Waals surface area contributed by atoms with E-state index >= 15 is 0 Å². The summed E-state index contributed by atoms with van der Waals surface area (Å²) in [5.41, 5.74) is -0.623. The van der Waals surface area contributed by atoms with E-state index in [1.165, 1.54) is 19.2 Å². The number of aliphatic hydroxyl groups is 1. The fourth-order valence-corrected chi connectivity index (χ4v) is 1.10. The van der Waals surface area contributed by atoms with Crippen LogP contribution in [0.4, 0.5) is 13.2 Å². The average molecular weight is 222 g/mol. The molecule has 0 aliphatic heterocycles. The molecule has 0 saturated heterocycles. The Balaban J connectivity index is 3.15. The first-order valence-electron chi connectivity index (χ1n) is 3.98. The number of aliphatic hydroxyl groups excluding tert-OH is 1. The van der Waals surface area contributed by atoms with Gasteiger partial charge in [0.1, 0.15) is 0 Å². The van der Waals surface area contributed by atoms with Crippen molar-refractivity contribution in [1.29, 1.82) is 0 Å². The van der Waals surface area contributed by atoms with Gasteiger partial charge in [-0.1, -0.05) is 12.1 Å². The first-order chi connectivity index (χ1) is 6.88. The number of benzene rings is 1. The monoisotopic (exact) mass is 222 g/mol. The zero-order valence-electron chi connectivity index (χ0n) is 7.75. The van der Waals surface area contributed by atoms with Crippen molar-refractivity contribution in [3.8, 4) is 11.5 Å². The largest absolute Gasteiger partial charge is 0.504 e. The first kappa shape index (κ1) is 11.6. The summed E-state index contributed by atoms with van der Waals surface area (Å²) in [6.07, 6.45) is -7.53. The van der Waals surface area contributed by atoms with Crippen LogP contribution in [0, 0.1) is 0 Å². The Morgan fingerprint density at radius 1 is 1.33 bits per heavy atom. The molecule has 0 amide bonds. The summed E-state index contributed by atoms with van der Waals surface area (Å²) in [5.74, 6) is -0.819. The van der Waals surface area contributed by atoms with Crippen molar-refractivity contribution in [2.75, 3.05) is 7.11 Å². The Morgan fingerprint density at radius 2 is 1.93 bits per heavy atom. The van der Waals surface area contributed by atoms with Gasteiger partial charge in [0, 0.05) is 5.56 Å². The number of phenols is 1. The highest BCUT2D eigenvalue weighted by Gasteiger charge is 2.41. The maximum atomic E-state index is 12.1. The highest BCUT2D eigenvalue weighted by atomic mass is 19.4. The predicted octanol–water partition coefficient (Wildman–Crippen LogP) is 2.00. The second-order valence-corrected chi connectivity index (χ2v) is 2.84. The molecule has 3 nitrogen and oxygen atoms in total. The van der Waals surface area contributed by atoms with Crippen molar-refractivity contribution in [1.82, 2.24) is 0 Å². The van der Waals surface area contributed by atoms with Crippen molar-refractivity contribution in [3.05, 3.63) is 23.8 Å². The van der Waals surface area contributed by atoms with Crippen molar-refractivity contribution in [2.45, 2.75) is 12.3 Å². The molecule has 84 valence electrons. The van der Waals surface area contributed by atoms with Gasteiger partial charge in [-0.05, 0) is 6.07 Å². The molecule has 2 N–H and O–H groups in total. The lowest BCUT2D eigenvalue weighted by molar-refractivity contribution is -0.207. The van der Waals surface area contributed by atoms with Gasteiger partial charge in [-0.25, -0.2) is 0 Å². The van der Waals surface area contributed by atoms with Crippen molar-refractivity contribution < 1.29 is 28.1 Å². The summed E-state index contributed by atoms with van der Waals surface area (Å²) in [6.45, 7) is 0. The Kier molecular flexibility index (Phi) is 3.09. The van der Waals surface area contributed by atoms with Gasteiger partial charge in [0.25, 0.3) is 0 Å². The van der Waals surface area contributed by atoms with Crippen LogP contribution in [0.1, 0.15) is 11.7 Å². The second kappa shape index (κ2) is 3.98. The number of halogens is 3. The summed E-state index contributed by atoms with van der Waals surface area (Å²) in [6, 6.07) is 3.53. The molecule has 0 radical (unpaired) electrons. The second-order valence-electron chi connectivity index (χ2n) is 2.84. The quantitative estimate of drug-likeness (QED) is 0.804. The number of hydrogen-bond donors (Lipinski definition) is 2. The molecule has 1 aromatic rings. The summed E-state index contributed by atoms with van der Waals surface area (Å²) in [5, 5.41) is 18.3. The molecule has 1 rings (SSSR count). The van der Waals surface area contributed by atoms with E-state index in [0.717, 1.165) is 6.07 Å². The third-order valence-electron chi connectivity index (χ3n) is 1.85. The number of ether oxygens (including phenoxy) is 1. The number of alkyl halides is 3. The molecule has 0 aliphatic carbocycles. The van der Waals surface area contributed by atoms with E-state index in [9.17, 15) is 18.3 Å². The number of para-hydroxylation sites is 1. The third kappa shape index (κ3) is 2.33. The van der Waals surface area contributed by atoms with Gasteiger partial charge >= 0.3 is 6.18 Å². The van der Waals surface area contributed by atoms with Crippen LogP contribution in [0.15, 0.2) is 18.2 Å². The van der Waals surface area contributed by atoms with E-state index in [-0.39, 0.29) is 5.75 Å². The molecular weight excluding hydrogens is 213 g/mol. The van der Waals surface area contributed by atoms with Crippen LogP contribution in [0.25, 0.3) is 0 Å². The number of rotatable bonds is 2. The van der Waals surface area contributed by atoms with Crippen LogP contribution in [-0.4, -0.2) is 23.5 Å². The molecular formula is C9H9F3O3. The number of hydrogen-bond acceptors (Lipinski definition) is 3. The lowest BCUT2D eigenvalue weighted by Crippen LogP contribution is -2.20. The van der Waals surface area contributed by atoms with Gasteiger partial charge in [0.15, 0.2) is 17.6 Å². The summed E-state index contributed by atoms with van der Waals surface area (Å²) in [4.78, 5) is 0. The number of phenolic OH excluding ortho intramolecular Hbond substituents is 1. The molecule has 0 saturated carbocycles. The molecule has 15 heavy (non-hydrogen) atoms. The van der Waals surface area contributed by atoms with Gasteiger partial charge in [0.2, 0.25) is 0 Å². The molecule has 0 bridgehead atoms. The molecule has 1 atom stereocenters. The molecule has 0 fully saturated rings. The normalized spacial score (nSPS) is 13.7. The van der Waals surface area contributed by atoms with Crippen LogP contribution in [0.5, 0.6) is 11.5 Å². The first-order valence-corrected chi connectivity index (χ1v) is 3.98. The highest BCUT2D eigenvalue weighted by Crippen LogP contribution is 2.40. The molecule has 6 heteroatoms. The van der Waals surface area contributed by atoms with Crippen molar-refractivity contribution >= 4 is 0 Å². The van der Waals surface area contributed by atoms with Crippen LogP contribution in [-0.2, 0) is 0 Å². The molecule has 1 aromatic carbocycles. The Bertz CT molecular complexity index is 349. The number of methoxy groups -OCH3 is 1. The standard InChI is InChI=1S/C9H9F3O3/c1-15-6-4-2-3-5(7(6)13)8(14)9(10,11)12/h2-4,8,13-14H,1H3/t8-/m0/s1. The Morgan fingerprint density at radius 3 is 2.40 bits per heavy atom. The van der Waals surface area contributed by atoms with E-state index in [2.05, 4.69) is 4.74 Å². The van der Waals surface area contributed by atoms with Gasteiger partial charge in [-0.3, -0.25) is 0 Å². The topological polar surface area (TPSA) is 49.7 Å². The summed E-state index contributed by atoms with van der Waals surface area (Å²) in [7, 11) is 1.21. The van der Waals surface area contributed by atoms with Gasteiger partial charge in [-0.2, -0.15) is 13.2 Å². The molecule has 0 aliphatic rings. The zero-order chi connectivity index (χ0) is 11.6. The smallest absolute Gasteiger partial charge is 0.418 e. The lowest BCUT2D eigenvalue weighted by atomic mass is 10.1. The maximum absolute atomic E-state index is 12.1. The highest BCUT2D eigenvalue weighted by molar-refractivity contribution is 5.46. The summed E-state index contributed by atoms with van der Waals surface area (Å²) >= 11 is 0. The van der Waals surface area contributed by atoms with E-state index in [0.29, 0.717) is 0 Å². The molecule has 0 aromatic heterocycles. The fraction of sp³-hybridized carbons (Fsp3) is 0.333. The van der Waals surface area contributed by atoms with E-state index in [1.54, 1.807) is 0 Å². The maximum Gasteiger partial charge on any atom is 0.418 e. The van der Waals surface area contributed by atoms with Crippen molar-refractivity contribution in [3.63, 3.8) is 0 Å². The minimum Gasteiger partial charge on any atom is -0.504 e. The van der Waals surface area contributed by atoms with Gasteiger partial charge in [0.05, 0.1) is 7.11 Å². The average Bonchev–Trinajstić information content (AvgIpc) is 2.16. The predicted molar refractivity (Wildman–Crippen MR) is 45.7 cm³/mol. The number of aromatic hydroxyl groups is 1. The third-order valence-corrected chi connectivity index (χ3v) is 1.85. The van der Waals surface area contributed by atoms with E-state index in [1.807, 2.05) is 0 Å². The molecule has 0 spiro atoms. The molecule has 0 heterocycles. The Hall–Kier alpha value is -1.43. The summed E-state index contributed by atoms with van der Waals surface area (Å²) < 4.78 is 41.1. The van der Waals surface area contributed by atoms with Crippen LogP contribution >= 0.6 is 0 Å². The SMILES string of the molecule is COc1cccc([C@H](O)C(F)(F)F)c1O. The van der Waals surface area contributed by atoms with Gasteiger partial charge < -0.3 is 14.9 Å². The minimum absolute atomic E-state index is 0.115. The zero-order valence-corrected chi connectivity index (χ0v) is 7.75. The van der Waals surface area contributed by atoms with Crippen molar-refractivity contribution in [2.24, 2.45) is 0 Å². The van der Waals surface area contributed by atoms with Crippen LogP contribution < -0.4 is 4.74 Å². The lowest BCUT2D eigenvalue weighted by Gasteiger charge is -2.16. The van der Waals surface area contributed by atoms with Crippen LogP contribution in [0.2, 0.25) is 0 Å². The molecule has 0 unspecified atom stereocenters. The van der Waals surface area contributed by atoms with E-state index in [4.69, 9.17) is 5.11 Å². The van der Waals surface area contributed by atoms with Crippen LogP contribution in [0.3, 0.4) is 0 Å². The fourth-order valence-electron chi connectivity index (χ4n) is 1.10.